The minimum absolute atomic E-state index is 0.0461. The quantitative estimate of drug-likeness (QED) is 0.862. The summed E-state index contributed by atoms with van der Waals surface area (Å²) in [5.41, 5.74) is 1.68. The van der Waals surface area contributed by atoms with Crippen LogP contribution in [0.3, 0.4) is 0 Å². The molecule has 0 unspecified atom stereocenters. The van der Waals surface area contributed by atoms with Crippen molar-refractivity contribution in [3.05, 3.63) is 70.2 Å². The molecule has 1 N–H and O–H groups in total. The lowest BCUT2D eigenvalue weighted by Gasteiger charge is -2.35. The van der Waals surface area contributed by atoms with E-state index in [0.29, 0.717) is 5.84 Å². The SMILES string of the molecule is O=C1NC(c2ccc(Br)cc2)=NC12CCN(Cc1ccccc1)CC2. The number of carbonyl (C=O) groups excluding carboxylic acids is 1. The molecule has 128 valence electrons. The third-order valence-corrected chi connectivity index (χ3v) is 5.56. The molecule has 4 nitrogen and oxygen atoms in total. The lowest BCUT2D eigenvalue weighted by Crippen LogP contribution is -2.48. The van der Waals surface area contributed by atoms with Gasteiger partial charge in [0, 0.05) is 29.7 Å². The molecule has 1 saturated heterocycles. The summed E-state index contributed by atoms with van der Waals surface area (Å²) in [4.78, 5) is 19.8. The van der Waals surface area contributed by atoms with E-state index in [1.807, 2.05) is 30.3 Å². The molecule has 0 radical (unpaired) electrons. The van der Waals surface area contributed by atoms with Gasteiger partial charge in [0.1, 0.15) is 11.4 Å². The normalized spacial score (nSPS) is 19.7. The molecule has 2 aromatic rings. The number of likely N-dealkylation sites (tertiary alicyclic amines) is 1. The lowest BCUT2D eigenvalue weighted by atomic mass is 9.88. The van der Waals surface area contributed by atoms with Gasteiger partial charge in [-0.25, -0.2) is 0 Å². The summed E-state index contributed by atoms with van der Waals surface area (Å²) in [7, 11) is 0. The summed E-state index contributed by atoms with van der Waals surface area (Å²) in [6.45, 7) is 2.71. The number of nitrogens with zero attached hydrogens (tertiary/aromatic N) is 2. The molecule has 0 aliphatic carbocycles. The van der Waals surface area contributed by atoms with Crippen molar-refractivity contribution in [2.45, 2.75) is 24.9 Å². The minimum Gasteiger partial charge on any atom is -0.308 e. The number of hydrogen-bond acceptors (Lipinski definition) is 3. The molecule has 5 heteroatoms. The second-order valence-electron chi connectivity index (χ2n) is 6.71. The molecule has 1 fully saturated rings. The average molecular weight is 398 g/mol. The number of hydrogen-bond donors (Lipinski definition) is 1. The van der Waals surface area contributed by atoms with Crippen molar-refractivity contribution >= 4 is 27.7 Å². The van der Waals surface area contributed by atoms with Gasteiger partial charge in [0.25, 0.3) is 5.91 Å². The summed E-state index contributed by atoms with van der Waals surface area (Å²) in [5, 5.41) is 2.99. The molecule has 2 aliphatic rings. The van der Waals surface area contributed by atoms with E-state index in [1.54, 1.807) is 0 Å². The largest absolute Gasteiger partial charge is 0.308 e. The third kappa shape index (κ3) is 3.39. The van der Waals surface area contributed by atoms with E-state index in [0.717, 1.165) is 42.5 Å². The van der Waals surface area contributed by atoms with Crippen LogP contribution in [0.1, 0.15) is 24.0 Å². The predicted octanol–water partition coefficient (Wildman–Crippen LogP) is 3.36. The average Bonchev–Trinajstić information content (AvgIpc) is 2.95. The van der Waals surface area contributed by atoms with Crippen LogP contribution in [-0.4, -0.2) is 35.3 Å². The van der Waals surface area contributed by atoms with Crippen molar-refractivity contribution in [2.75, 3.05) is 13.1 Å². The van der Waals surface area contributed by atoms with Crippen LogP contribution in [0.4, 0.5) is 0 Å². The van der Waals surface area contributed by atoms with Crippen LogP contribution in [0, 0.1) is 0 Å². The highest BCUT2D eigenvalue weighted by Gasteiger charge is 2.45. The number of halogens is 1. The first-order valence-electron chi connectivity index (χ1n) is 8.58. The Morgan fingerprint density at radius 1 is 1.04 bits per heavy atom. The van der Waals surface area contributed by atoms with Crippen LogP contribution in [-0.2, 0) is 11.3 Å². The van der Waals surface area contributed by atoms with Crippen LogP contribution >= 0.6 is 15.9 Å². The summed E-state index contributed by atoms with van der Waals surface area (Å²) in [6, 6.07) is 18.4. The van der Waals surface area contributed by atoms with E-state index in [9.17, 15) is 4.79 Å². The Kier molecular flexibility index (Phi) is 4.44. The molecule has 25 heavy (non-hydrogen) atoms. The van der Waals surface area contributed by atoms with Crippen LogP contribution in [0.5, 0.6) is 0 Å². The highest BCUT2D eigenvalue weighted by Crippen LogP contribution is 2.31. The summed E-state index contributed by atoms with van der Waals surface area (Å²) < 4.78 is 1.02. The van der Waals surface area contributed by atoms with Gasteiger partial charge < -0.3 is 5.32 Å². The topological polar surface area (TPSA) is 44.7 Å². The van der Waals surface area contributed by atoms with Crippen molar-refractivity contribution < 1.29 is 4.79 Å². The van der Waals surface area contributed by atoms with Crippen molar-refractivity contribution in [1.29, 1.82) is 0 Å². The number of amides is 1. The van der Waals surface area contributed by atoms with Crippen LogP contribution in [0.25, 0.3) is 0 Å². The molecular weight excluding hydrogens is 378 g/mol. The first-order chi connectivity index (χ1) is 12.1. The second-order valence-corrected chi connectivity index (χ2v) is 7.63. The van der Waals surface area contributed by atoms with E-state index in [4.69, 9.17) is 4.99 Å². The van der Waals surface area contributed by atoms with Gasteiger partial charge in [-0.1, -0.05) is 58.4 Å². The zero-order chi connectivity index (χ0) is 17.3. The number of rotatable bonds is 3. The highest BCUT2D eigenvalue weighted by molar-refractivity contribution is 9.10. The maximum Gasteiger partial charge on any atom is 0.253 e. The van der Waals surface area contributed by atoms with Crippen LogP contribution in [0.2, 0.25) is 0 Å². The Bertz CT molecular complexity index is 793. The predicted molar refractivity (Wildman–Crippen MR) is 103 cm³/mol. The fraction of sp³-hybridized carbons (Fsp3) is 0.300. The maximum absolute atomic E-state index is 12.6. The zero-order valence-electron chi connectivity index (χ0n) is 13.9. The molecule has 1 spiro atoms. The monoisotopic (exact) mass is 397 g/mol. The lowest BCUT2D eigenvalue weighted by molar-refractivity contribution is -0.125. The van der Waals surface area contributed by atoms with E-state index in [-0.39, 0.29) is 5.91 Å². The number of benzene rings is 2. The Morgan fingerprint density at radius 2 is 1.72 bits per heavy atom. The molecule has 2 aromatic carbocycles. The van der Waals surface area contributed by atoms with E-state index >= 15 is 0 Å². The summed E-state index contributed by atoms with van der Waals surface area (Å²) in [5.74, 6) is 0.749. The molecule has 1 amide bonds. The fourth-order valence-electron chi connectivity index (χ4n) is 3.52. The molecule has 2 aliphatic heterocycles. The molecule has 4 rings (SSSR count). The van der Waals surface area contributed by atoms with Gasteiger partial charge in [-0.3, -0.25) is 14.7 Å². The van der Waals surface area contributed by atoms with Crippen molar-refractivity contribution in [2.24, 2.45) is 4.99 Å². The number of aliphatic imine (C=N–C) groups is 1. The van der Waals surface area contributed by atoms with Crippen molar-refractivity contribution in [3.8, 4) is 0 Å². The number of nitrogens with one attached hydrogen (secondary N) is 1. The van der Waals surface area contributed by atoms with E-state index < -0.39 is 5.54 Å². The Balaban J connectivity index is 1.46. The van der Waals surface area contributed by atoms with Gasteiger partial charge in [0.15, 0.2) is 0 Å². The smallest absolute Gasteiger partial charge is 0.253 e. The van der Waals surface area contributed by atoms with Crippen molar-refractivity contribution in [1.82, 2.24) is 10.2 Å². The molecule has 2 heterocycles. The fourth-order valence-corrected chi connectivity index (χ4v) is 3.79. The van der Waals surface area contributed by atoms with Crippen LogP contribution < -0.4 is 5.32 Å². The Labute approximate surface area is 156 Å². The first kappa shape index (κ1) is 16.5. The molecule has 0 saturated carbocycles. The first-order valence-corrected chi connectivity index (χ1v) is 9.37. The van der Waals surface area contributed by atoms with Gasteiger partial charge in [-0.2, -0.15) is 0 Å². The molecule has 0 aromatic heterocycles. The highest BCUT2D eigenvalue weighted by atomic mass is 79.9. The van der Waals surface area contributed by atoms with E-state index in [2.05, 4.69) is 50.4 Å². The van der Waals surface area contributed by atoms with Crippen molar-refractivity contribution in [3.63, 3.8) is 0 Å². The Morgan fingerprint density at radius 3 is 2.40 bits per heavy atom. The second kappa shape index (κ2) is 6.73. The summed E-state index contributed by atoms with van der Waals surface area (Å²) in [6.07, 6.45) is 1.54. The molecular formula is C20H20BrN3O. The third-order valence-electron chi connectivity index (χ3n) is 5.03. The number of piperidine rings is 1. The standard InChI is InChI=1S/C20H20BrN3O/c21-17-8-6-16(7-9-17)18-22-19(25)20(23-18)10-12-24(13-11-20)14-15-4-2-1-3-5-15/h1-9H,10-14H2,(H,22,23,25). The van der Waals surface area contributed by atoms with Gasteiger partial charge >= 0.3 is 0 Å². The Hall–Kier alpha value is -1.98. The van der Waals surface area contributed by atoms with E-state index in [1.165, 1.54) is 5.56 Å². The maximum atomic E-state index is 12.6. The summed E-state index contributed by atoms with van der Waals surface area (Å²) >= 11 is 3.44. The molecule has 0 atom stereocenters. The number of carbonyl (C=O) groups is 1. The van der Waals surface area contributed by atoms with Gasteiger partial charge in [0.05, 0.1) is 0 Å². The van der Waals surface area contributed by atoms with Gasteiger partial charge in [-0.05, 0) is 30.5 Å². The zero-order valence-corrected chi connectivity index (χ0v) is 15.5. The minimum atomic E-state index is -0.588. The van der Waals surface area contributed by atoms with Gasteiger partial charge in [-0.15, -0.1) is 0 Å². The molecule has 0 bridgehead atoms. The van der Waals surface area contributed by atoms with Crippen LogP contribution in [0.15, 0.2) is 64.1 Å². The van der Waals surface area contributed by atoms with Gasteiger partial charge in [0.2, 0.25) is 0 Å². The number of amidine groups is 1.